The van der Waals surface area contributed by atoms with Crippen molar-refractivity contribution in [1.82, 2.24) is 9.88 Å². The first-order chi connectivity index (χ1) is 19.7. The molecule has 0 spiro atoms. The molecule has 5 atom stereocenters. The minimum Gasteiger partial charge on any atom is -0.388 e. The quantitative estimate of drug-likeness (QED) is 0.217. The second-order valence-electron chi connectivity index (χ2n) is 10.4. The van der Waals surface area contributed by atoms with Crippen LogP contribution in [0.3, 0.4) is 0 Å². The number of aliphatic hydroxyl groups is 4. The highest BCUT2D eigenvalue weighted by atomic mass is 16.6. The Bertz CT molecular complexity index is 1500. The molecule has 0 radical (unpaired) electrons. The molecule has 1 unspecified atom stereocenters. The summed E-state index contributed by atoms with van der Waals surface area (Å²) in [7, 11) is 1.87. The van der Waals surface area contributed by atoms with Crippen LogP contribution in [0.15, 0.2) is 54.1 Å². The Hall–Kier alpha value is -3.76. The molecule has 41 heavy (non-hydrogen) atoms. The number of carbonyl (C=O) groups excluding carboxylic acids is 1. The monoisotopic (exact) mass is 562 g/mol. The summed E-state index contributed by atoms with van der Waals surface area (Å²) >= 11 is 0. The molecular weight excluding hydrogens is 528 g/mol. The highest BCUT2D eigenvalue weighted by Gasteiger charge is 2.43. The topological polar surface area (TPSA) is 160 Å². The van der Waals surface area contributed by atoms with E-state index in [1.165, 1.54) is 5.69 Å². The Labute approximate surface area is 237 Å². The number of morpholine rings is 1. The standard InChI is InChI=1S/C30H34N4O7/c1-17(22(15-31)29(38)32-16-25-26(35)27(36)28(37)30(39)41-25)23-7-8-24(33(23)2)20-4-3-19-14-21(6-5-18(19)13-20)34-9-11-40-12-10-34/h3-8,13-14,25-28,30,35-37,39H,9-12,16H2,1-2H3,(H,32,38)/b22-17+/t25-,26-,27+,28-,30?/m1/s1. The summed E-state index contributed by atoms with van der Waals surface area (Å²) in [5.41, 5.74) is 4.08. The van der Waals surface area contributed by atoms with Crippen LogP contribution >= 0.6 is 0 Å². The van der Waals surface area contributed by atoms with Gasteiger partial charge in [-0.1, -0.05) is 18.2 Å². The van der Waals surface area contributed by atoms with E-state index in [1.54, 1.807) is 6.92 Å². The molecule has 1 amide bonds. The predicted octanol–water partition coefficient (Wildman–Crippen LogP) is 0.895. The molecule has 216 valence electrons. The second kappa shape index (κ2) is 12.0. The van der Waals surface area contributed by atoms with Gasteiger partial charge < -0.3 is 44.7 Å². The normalized spacial score (nSPS) is 25.5. The van der Waals surface area contributed by atoms with Crippen molar-refractivity contribution in [3.8, 4) is 17.3 Å². The fraction of sp³-hybridized carbons (Fsp3) is 0.400. The van der Waals surface area contributed by atoms with Crippen molar-refractivity contribution in [1.29, 1.82) is 5.26 Å². The van der Waals surface area contributed by atoms with Gasteiger partial charge in [-0.05, 0) is 59.2 Å². The van der Waals surface area contributed by atoms with Crippen molar-refractivity contribution >= 4 is 27.9 Å². The van der Waals surface area contributed by atoms with Gasteiger partial charge in [0, 0.05) is 43.8 Å². The molecular formula is C30H34N4O7. The molecule has 11 nitrogen and oxygen atoms in total. The van der Waals surface area contributed by atoms with Crippen molar-refractivity contribution in [2.24, 2.45) is 7.05 Å². The van der Waals surface area contributed by atoms with Gasteiger partial charge in [0.05, 0.1) is 13.2 Å². The van der Waals surface area contributed by atoms with E-state index < -0.39 is 36.6 Å². The van der Waals surface area contributed by atoms with Gasteiger partial charge in [0.2, 0.25) is 0 Å². The third kappa shape index (κ3) is 5.71. The number of ether oxygens (including phenoxy) is 2. The number of nitrogens with zero attached hydrogens (tertiary/aromatic N) is 3. The van der Waals surface area contributed by atoms with E-state index in [9.17, 15) is 30.5 Å². The lowest BCUT2D eigenvalue weighted by Gasteiger charge is -2.38. The van der Waals surface area contributed by atoms with Crippen LogP contribution in [0.4, 0.5) is 5.69 Å². The number of hydrogen-bond acceptors (Lipinski definition) is 9. The van der Waals surface area contributed by atoms with Crippen LogP contribution in [0, 0.1) is 11.3 Å². The smallest absolute Gasteiger partial charge is 0.262 e. The highest BCUT2D eigenvalue weighted by molar-refractivity contribution is 6.04. The average molecular weight is 563 g/mol. The molecule has 2 aromatic carbocycles. The Kier molecular flexibility index (Phi) is 8.42. The zero-order chi connectivity index (χ0) is 29.3. The van der Waals surface area contributed by atoms with Crippen molar-refractivity contribution in [3.05, 3.63) is 59.8 Å². The number of hydrogen-bond donors (Lipinski definition) is 5. The first kappa shape index (κ1) is 28.8. The molecule has 0 bridgehead atoms. The molecule has 3 heterocycles. The van der Waals surface area contributed by atoms with Gasteiger partial charge in [-0.15, -0.1) is 0 Å². The minimum absolute atomic E-state index is 0.127. The Balaban J connectivity index is 1.34. The number of aromatic nitrogens is 1. The van der Waals surface area contributed by atoms with Gasteiger partial charge in [-0.25, -0.2) is 0 Å². The molecule has 11 heteroatoms. The molecule has 2 aliphatic heterocycles. The largest absolute Gasteiger partial charge is 0.388 e. The van der Waals surface area contributed by atoms with E-state index in [-0.39, 0.29) is 12.1 Å². The highest BCUT2D eigenvalue weighted by Crippen LogP contribution is 2.31. The zero-order valence-electron chi connectivity index (χ0n) is 22.9. The van der Waals surface area contributed by atoms with Gasteiger partial charge in [0.1, 0.15) is 36.1 Å². The summed E-state index contributed by atoms with van der Waals surface area (Å²) in [6.45, 7) is 4.60. The van der Waals surface area contributed by atoms with Crippen LogP contribution in [0.1, 0.15) is 12.6 Å². The lowest BCUT2D eigenvalue weighted by Crippen LogP contribution is -2.60. The number of anilines is 1. The van der Waals surface area contributed by atoms with E-state index in [1.807, 2.05) is 29.8 Å². The predicted molar refractivity (Wildman–Crippen MR) is 152 cm³/mol. The number of aliphatic hydroxyl groups excluding tert-OH is 4. The zero-order valence-corrected chi connectivity index (χ0v) is 22.9. The summed E-state index contributed by atoms with van der Waals surface area (Å²) in [5, 5.41) is 53.9. The van der Waals surface area contributed by atoms with Gasteiger partial charge in [-0.2, -0.15) is 5.26 Å². The first-order valence-corrected chi connectivity index (χ1v) is 13.5. The van der Waals surface area contributed by atoms with E-state index in [2.05, 4.69) is 46.6 Å². The van der Waals surface area contributed by atoms with E-state index in [0.717, 1.165) is 48.3 Å². The molecule has 1 aromatic heterocycles. The van der Waals surface area contributed by atoms with Crippen LogP contribution in [0.2, 0.25) is 0 Å². The Morgan fingerprint density at radius 3 is 2.44 bits per heavy atom. The van der Waals surface area contributed by atoms with Gasteiger partial charge in [0.15, 0.2) is 6.29 Å². The molecule has 2 aliphatic rings. The molecule has 3 aromatic rings. The molecule has 0 aliphatic carbocycles. The van der Waals surface area contributed by atoms with E-state index in [0.29, 0.717) is 11.3 Å². The third-order valence-electron chi connectivity index (χ3n) is 7.87. The molecule has 5 rings (SSSR count). The van der Waals surface area contributed by atoms with Crippen molar-refractivity contribution < 1.29 is 34.7 Å². The minimum atomic E-state index is -1.72. The number of fused-ring (bicyclic) bond motifs is 1. The van der Waals surface area contributed by atoms with Crippen molar-refractivity contribution in [2.75, 3.05) is 37.7 Å². The van der Waals surface area contributed by atoms with Crippen LogP contribution in [0.25, 0.3) is 27.6 Å². The third-order valence-corrected chi connectivity index (χ3v) is 7.87. The van der Waals surface area contributed by atoms with Crippen molar-refractivity contribution in [2.45, 2.75) is 37.6 Å². The van der Waals surface area contributed by atoms with Crippen LogP contribution < -0.4 is 10.2 Å². The Morgan fingerprint density at radius 1 is 1.00 bits per heavy atom. The number of allylic oxidation sites excluding steroid dienone is 1. The summed E-state index contributed by atoms with van der Waals surface area (Å²) in [5.74, 6) is -0.694. The molecule has 2 saturated heterocycles. The summed E-state index contributed by atoms with van der Waals surface area (Å²) in [6, 6.07) is 18.4. The number of benzene rings is 2. The van der Waals surface area contributed by atoms with Crippen molar-refractivity contribution in [3.63, 3.8) is 0 Å². The molecule has 2 fully saturated rings. The van der Waals surface area contributed by atoms with Crippen LogP contribution in [-0.4, -0.2) is 94.5 Å². The maximum Gasteiger partial charge on any atom is 0.262 e. The maximum absolute atomic E-state index is 12.9. The number of rotatable bonds is 6. The number of carbonyl (C=O) groups is 1. The van der Waals surface area contributed by atoms with E-state index in [4.69, 9.17) is 9.47 Å². The lowest BCUT2D eigenvalue weighted by atomic mass is 9.98. The number of nitrogens with one attached hydrogen (secondary N) is 1. The average Bonchev–Trinajstić information content (AvgIpc) is 3.38. The summed E-state index contributed by atoms with van der Waals surface area (Å²) in [4.78, 5) is 15.2. The van der Waals surface area contributed by atoms with Crippen LogP contribution in [0.5, 0.6) is 0 Å². The lowest BCUT2D eigenvalue weighted by molar-refractivity contribution is -0.280. The fourth-order valence-electron chi connectivity index (χ4n) is 5.40. The molecule has 5 N–H and O–H groups in total. The maximum atomic E-state index is 12.9. The first-order valence-electron chi connectivity index (χ1n) is 13.5. The SMILES string of the molecule is C/C(=C(/C#N)C(=O)NC[C@H]1OC(O)[C@H](O)[C@@H](O)[C@@H]1O)c1ccc(-c2ccc3cc(N4CCOCC4)ccc3c2)n1C. The fourth-order valence-corrected chi connectivity index (χ4v) is 5.40. The van der Waals surface area contributed by atoms with E-state index >= 15 is 0 Å². The number of nitriles is 1. The Morgan fingerprint density at radius 2 is 1.71 bits per heavy atom. The second-order valence-corrected chi connectivity index (χ2v) is 10.4. The van der Waals surface area contributed by atoms with Gasteiger partial charge in [0.25, 0.3) is 5.91 Å². The summed E-state index contributed by atoms with van der Waals surface area (Å²) < 4.78 is 12.5. The molecule has 0 saturated carbocycles. The van der Waals surface area contributed by atoms with Crippen LogP contribution in [-0.2, 0) is 21.3 Å². The summed E-state index contributed by atoms with van der Waals surface area (Å²) in [6.07, 6.45) is -7.74. The van der Waals surface area contributed by atoms with Gasteiger partial charge >= 0.3 is 0 Å². The van der Waals surface area contributed by atoms with Gasteiger partial charge in [-0.3, -0.25) is 4.79 Å². The number of amides is 1.